The van der Waals surface area contributed by atoms with Gasteiger partial charge in [-0.15, -0.1) is 0 Å². The fourth-order valence-corrected chi connectivity index (χ4v) is 2.22. The molecule has 1 atom stereocenters. The first-order valence-electron chi connectivity index (χ1n) is 4.70. The maximum Gasteiger partial charge on any atom is 0.211 e. The van der Waals surface area contributed by atoms with E-state index in [1.54, 1.807) is 6.92 Å². The van der Waals surface area contributed by atoms with Gasteiger partial charge in [-0.2, -0.15) is 0 Å². The highest BCUT2D eigenvalue weighted by molar-refractivity contribution is 7.89. The molecule has 0 aromatic rings. The third-order valence-electron chi connectivity index (χ3n) is 2.52. The molecule has 1 aliphatic heterocycles. The summed E-state index contributed by atoms with van der Waals surface area (Å²) in [7, 11) is -3.04. The summed E-state index contributed by atoms with van der Waals surface area (Å²) < 4.78 is 24.9. The fourth-order valence-electron chi connectivity index (χ4n) is 1.48. The summed E-state index contributed by atoms with van der Waals surface area (Å²) in [5.74, 6) is 0.156. The van der Waals surface area contributed by atoms with E-state index in [0.717, 1.165) is 19.4 Å². The standard InChI is InChI=1S/C8H18N2O2S/c1-3-13(11,12)10-7-8(2)5-4-6-9-8/h9-10H,3-7H2,1-2H3. The Bertz CT molecular complexity index is 255. The smallest absolute Gasteiger partial charge is 0.211 e. The summed E-state index contributed by atoms with van der Waals surface area (Å²) in [6.07, 6.45) is 2.17. The Morgan fingerprint density at radius 3 is 2.69 bits per heavy atom. The van der Waals surface area contributed by atoms with Crippen LogP contribution in [0.5, 0.6) is 0 Å². The molecule has 0 aromatic carbocycles. The van der Waals surface area contributed by atoms with Gasteiger partial charge in [-0.1, -0.05) is 0 Å². The van der Waals surface area contributed by atoms with Crippen molar-refractivity contribution in [2.45, 2.75) is 32.2 Å². The van der Waals surface area contributed by atoms with Crippen LogP contribution in [-0.4, -0.2) is 32.8 Å². The van der Waals surface area contributed by atoms with Crippen LogP contribution in [0.4, 0.5) is 0 Å². The average Bonchev–Trinajstić information content (AvgIpc) is 2.50. The number of rotatable bonds is 4. The van der Waals surface area contributed by atoms with Gasteiger partial charge in [0, 0.05) is 12.1 Å². The molecule has 1 unspecified atom stereocenters. The third kappa shape index (κ3) is 3.25. The highest BCUT2D eigenvalue weighted by Gasteiger charge is 2.28. The van der Waals surface area contributed by atoms with Gasteiger partial charge in [-0.25, -0.2) is 13.1 Å². The average molecular weight is 206 g/mol. The second-order valence-corrected chi connectivity index (χ2v) is 5.91. The van der Waals surface area contributed by atoms with Crippen molar-refractivity contribution in [3.8, 4) is 0 Å². The van der Waals surface area contributed by atoms with E-state index in [1.165, 1.54) is 0 Å². The predicted molar refractivity (Wildman–Crippen MR) is 53.1 cm³/mol. The van der Waals surface area contributed by atoms with Crippen molar-refractivity contribution < 1.29 is 8.42 Å². The van der Waals surface area contributed by atoms with Crippen molar-refractivity contribution in [1.29, 1.82) is 0 Å². The number of hydrogen-bond acceptors (Lipinski definition) is 3. The lowest BCUT2D eigenvalue weighted by molar-refractivity contribution is 0.409. The van der Waals surface area contributed by atoms with Gasteiger partial charge in [0.1, 0.15) is 0 Å². The van der Waals surface area contributed by atoms with Crippen LogP contribution in [-0.2, 0) is 10.0 Å². The lowest BCUT2D eigenvalue weighted by Crippen LogP contribution is -2.47. The molecule has 1 saturated heterocycles. The fraction of sp³-hybridized carbons (Fsp3) is 1.00. The Kier molecular flexibility index (Phi) is 3.32. The van der Waals surface area contributed by atoms with Crippen LogP contribution in [0.2, 0.25) is 0 Å². The topological polar surface area (TPSA) is 58.2 Å². The van der Waals surface area contributed by atoms with E-state index in [0.29, 0.717) is 6.54 Å². The van der Waals surface area contributed by atoms with Gasteiger partial charge < -0.3 is 5.32 Å². The summed E-state index contributed by atoms with van der Waals surface area (Å²) >= 11 is 0. The van der Waals surface area contributed by atoms with Gasteiger partial charge in [-0.3, -0.25) is 0 Å². The molecule has 0 radical (unpaired) electrons. The first-order valence-corrected chi connectivity index (χ1v) is 6.35. The molecular formula is C8H18N2O2S. The third-order valence-corrected chi connectivity index (χ3v) is 3.86. The Hall–Kier alpha value is -0.130. The van der Waals surface area contributed by atoms with Crippen molar-refractivity contribution in [2.75, 3.05) is 18.8 Å². The Balaban J connectivity index is 2.42. The molecule has 0 spiro atoms. The highest BCUT2D eigenvalue weighted by Crippen LogP contribution is 2.17. The van der Waals surface area contributed by atoms with Crippen LogP contribution in [0.25, 0.3) is 0 Å². The van der Waals surface area contributed by atoms with Gasteiger partial charge in [0.2, 0.25) is 10.0 Å². The molecule has 78 valence electrons. The van der Waals surface area contributed by atoms with Crippen molar-refractivity contribution in [2.24, 2.45) is 0 Å². The molecule has 1 heterocycles. The lowest BCUT2D eigenvalue weighted by Gasteiger charge is -2.24. The van der Waals surface area contributed by atoms with Gasteiger partial charge in [0.25, 0.3) is 0 Å². The molecule has 4 nitrogen and oxygen atoms in total. The van der Waals surface area contributed by atoms with Crippen LogP contribution in [0.15, 0.2) is 0 Å². The Labute approximate surface area is 80.1 Å². The maximum atomic E-state index is 11.2. The van der Waals surface area contributed by atoms with Crippen LogP contribution >= 0.6 is 0 Å². The molecule has 0 aliphatic carbocycles. The SMILES string of the molecule is CCS(=O)(=O)NCC1(C)CCCN1. The molecule has 0 bridgehead atoms. The van der Waals surface area contributed by atoms with Crippen molar-refractivity contribution >= 4 is 10.0 Å². The Morgan fingerprint density at radius 1 is 1.54 bits per heavy atom. The van der Waals surface area contributed by atoms with E-state index in [9.17, 15) is 8.42 Å². The predicted octanol–water partition coefficient (Wildman–Crippen LogP) is 0.0678. The summed E-state index contributed by atoms with van der Waals surface area (Å²) in [4.78, 5) is 0. The summed E-state index contributed by atoms with van der Waals surface area (Å²) in [5.41, 5.74) is -0.0394. The largest absolute Gasteiger partial charge is 0.310 e. The summed E-state index contributed by atoms with van der Waals surface area (Å²) in [6, 6.07) is 0. The van der Waals surface area contributed by atoms with E-state index in [4.69, 9.17) is 0 Å². The molecule has 0 aromatic heterocycles. The van der Waals surface area contributed by atoms with E-state index < -0.39 is 10.0 Å². The van der Waals surface area contributed by atoms with Gasteiger partial charge in [0.15, 0.2) is 0 Å². The lowest BCUT2D eigenvalue weighted by atomic mass is 10.0. The molecular weight excluding hydrogens is 188 g/mol. The quantitative estimate of drug-likeness (QED) is 0.684. The van der Waals surface area contributed by atoms with Crippen LogP contribution in [0.3, 0.4) is 0 Å². The molecule has 2 N–H and O–H groups in total. The van der Waals surface area contributed by atoms with E-state index in [2.05, 4.69) is 17.0 Å². The molecule has 0 saturated carbocycles. The maximum absolute atomic E-state index is 11.2. The monoisotopic (exact) mass is 206 g/mol. The highest BCUT2D eigenvalue weighted by atomic mass is 32.2. The minimum absolute atomic E-state index is 0.0394. The summed E-state index contributed by atoms with van der Waals surface area (Å²) in [5, 5.41) is 3.30. The van der Waals surface area contributed by atoms with Crippen LogP contribution < -0.4 is 10.0 Å². The second-order valence-electron chi connectivity index (χ2n) is 3.82. The van der Waals surface area contributed by atoms with Gasteiger partial charge in [-0.05, 0) is 33.2 Å². The minimum Gasteiger partial charge on any atom is -0.310 e. The van der Waals surface area contributed by atoms with E-state index in [-0.39, 0.29) is 11.3 Å². The number of nitrogens with one attached hydrogen (secondary N) is 2. The number of hydrogen-bond donors (Lipinski definition) is 2. The molecule has 0 amide bonds. The van der Waals surface area contributed by atoms with E-state index in [1.807, 2.05) is 0 Å². The second kappa shape index (κ2) is 3.94. The molecule has 1 rings (SSSR count). The van der Waals surface area contributed by atoms with E-state index >= 15 is 0 Å². The molecule has 5 heteroatoms. The normalized spacial score (nSPS) is 29.4. The molecule has 1 aliphatic rings. The summed E-state index contributed by atoms with van der Waals surface area (Å²) in [6.45, 7) is 5.19. The first-order chi connectivity index (χ1) is 5.97. The van der Waals surface area contributed by atoms with Gasteiger partial charge >= 0.3 is 0 Å². The van der Waals surface area contributed by atoms with Crippen LogP contribution in [0.1, 0.15) is 26.7 Å². The zero-order valence-corrected chi connectivity index (χ0v) is 9.08. The van der Waals surface area contributed by atoms with Gasteiger partial charge in [0.05, 0.1) is 5.75 Å². The minimum atomic E-state index is -3.04. The van der Waals surface area contributed by atoms with Crippen molar-refractivity contribution in [3.05, 3.63) is 0 Å². The zero-order valence-electron chi connectivity index (χ0n) is 8.26. The Morgan fingerprint density at radius 2 is 2.23 bits per heavy atom. The van der Waals surface area contributed by atoms with Crippen LogP contribution in [0, 0.1) is 0 Å². The molecule has 1 fully saturated rings. The van der Waals surface area contributed by atoms with Crippen molar-refractivity contribution in [1.82, 2.24) is 10.0 Å². The van der Waals surface area contributed by atoms with Crippen molar-refractivity contribution in [3.63, 3.8) is 0 Å². The number of sulfonamides is 1. The first kappa shape index (κ1) is 10.9. The zero-order chi connectivity index (χ0) is 9.95. The molecule has 13 heavy (non-hydrogen) atoms.